The number of carbonyl (C=O) groups excluding carboxylic acids is 3. The Morgan fingerprint density at radius 1 is 1.03 bits per heavy atom. The van der Waals surface area contributed by atoms with E-state index in [-0.39, 0.29) is 35.6 Å². The van der Waals surface area contributed by atoms with Crippen LogP contribution in [0.25, 0.3) is 0 Å². The highest BCUT2D eigenvalue weighted by atomic mass is 16.6. The Bertz CT molecular complexity index is 1030. The third-order valence-corrected chi connectivity index (χ3v) is 5.51. The Morgan fingerprint density at radius 3 is 2.36 bits per heavy atom. The number of nitro benzene ring substituents is 1. The number of nitrogens with zero attached hydrogens (tertiary/aromatic N) is 1. The molecule has 10 heteroatoms. The fraction of sp³-hybridized carbons (Fsp3) is 0.348. The van der Waals surface area contributed by atoms with Crippen molar-refractivity contribution in [2.75, 3.05) is 12.4 Å². The van der Waals surface area contributed by atoms with Gasteiger partial charge in [0.2, 0.25) is 11.8 Å². The highest BCUT2D eigenvalue weighted by Crippen LogP contribution is 2.28. The van der Waals surface area contributed by atoms with Crippen LogP contribution in [0, 0.1) is 16.0 Å². The number of hydrazine groups is 1. The number of ether oxygens (including phenoxy) is 1. The summed E-state index contributed by atoms with van der Waals surface area (Å²) in [6.07, 6.45) is 4.78. The van der Waals surface area contributed by atoms with E-state index < -0.39 is 10.8 Å². The third kappa shape index (κ3) is 6.52. The van der Waals surface area contributed by atoms with Crippen molar-refractivity contribution in [2.45, 2.75) is 38.5 Å². The molecule has 0 bridgehead atoms. The standard InChI is InChI=1S/C23H26N4O6/c1-33-20-12-7-15(13-19(20)27(31)32)14-21(28)24-18-10-8-17(9-11-18)23(30)26-25-22(29)16-5-3-2-4-6-16/h7-13,16H,2-6,14H2,1H3,(H,24,28)(H,25,29)(H,26,30). The molecule has 3 rings (SSSR count). The molecule has 2 aromatic rings. The van der Waals surface area contributed by atoms with Crippen LogP contribution in [0.2, 0.25) is 0 Å². The summed E-state index contributed by atoms with van der Waals surface area (Å²) in [4.78, 5) is 47.3. The molecular weight excluding hydrogens is 428 g/mol. The highest BCUT2D eigenvalue weighted by Gasteiger charge is 2.21. The van der Waals surface area contributed by atoms with Crippen molar-refractivity contribution >= 4 is 29.1 Å². The average Bonchev–Trinajstić information content (AvgIpc) is 2.83. The van der Waals surface area contributed by atoms with E-state index in [1.807, 2.05) is 0 Å². The fourth-order valence-electron chi connectivity index (χ4n) is 3.74. The first kappa shape index (κ1) is 23.7. The number of nitro groups is 1. The quantitative estimate of drug-likeness (QED) is 0.434. The number of benzene rings is 2. The molecule has 0 atom stereocenters. The molecule has 1 aliphatic rings. The Morgan fingerprint density at radius 2 is 1.73 bits per heavy atom. The van der Waals surface area contributed by atoms with E-state index in [0.29, 0.717) is 16.8 Å². The zero-order valence-corrected chi connectivity index (χ0v) is 18.3. The first-order valence-corrected chi connectivity index (χ1v) is 10.7. The van der Waals surface area contributed by atoms with Gasteiger partial charge < -0.3 is 10.1 Å². The molecule has 3 amide bonds. The van der Waals surface area contributed by atoms with Gasteiger partial charge in [-0.15, -0.1) is 0 Å². The molecule has 0 spiro atoms. The lowest BCUT2D eigenvalue weighted by Crippen LogP contribution is -2.44. The van der Waals surface area contributed by atoms with Crippen LogP contribution < -0.4 is 20.9 Å². The second-order valence-corrected chi connectivity index (χ2v) is 7.84. The van der Waals surface area contributed by atoms with Crippen molar-refractivity contribution in [3.63, 3.8) is 0 Å². The molecule has 0 saturated heterocycles. The molecule has 33 heavy (non-hydrogen) atoms. The summed E-state index contributed by atoms with van der Waals surface area (Å²) in [6.45, 7) is 0. The maximum atomic E-state index is 12.3. The van der Waals surface area contributed by atoms with Crippen LogP contribution in [0.1, 0.15) is 48.0 Å². The maximum absolute atomic E-state index is 12.3. The van der Waals surface area contributed by atoms with Gasteiger partial charge in [0.05, 0.1) is 18.5 Å². The number of amides is 3. The molecule has 0 aliphatic heterocycles. The summed E-state index contributed by atoms with van der Waals surface area (Å²) >= 11 is 0. The number of rotatable bonds is 7. The molecule has 3 N–H and O–H groups in total. The molecule has 1 fully saturated rings. The van der Waals surface area contributed by atoms with Crippen LogP contribution in [0.5, 0.6) is 5.75 Å². The Kier molecular flexibility index (Phi) is 7.96. The number of methoxy groups -OCH3 is 1. The Labute approximate surface area is 190 Å². The number of anilines is 1. The van der Waals surface area contributed by atoms with Gasteiger partial charge in [-0.3, -0.25) is 35.3 Å². The number of hydrogen-bond donors (Lipinski definition) is 3. The second-order valence-electron chi connectivity index (χ2n) is 7.84. The summed E-state index contributed by atoms with van der Waals surface area (Å²) in [7, 11) is 1.34. The van der Waals surface area contributed by atoms with E-state index in [9.17, 15) is 24.5 Å². The van der Waals surface area contributed by atoms with Gasteiger partial charge in [0, 0.05) is 23.2 Å². The first-order valence-electron chi connectivity index (χ1n) is 10.7. The molecule has 10 nitrogen and oxygen atoms in total. The van der Waals surface area contributed by atoms with Crippen LogP contribution in [-0.2, 0) is 16.0 Å². The molecule has 0 heterocycles. The molecule has 0 unspecified atom stereocenters. The molecular formula is C23H26N4O6. The fourth-order valence-corrected chi connectivity index (χ4v) is 3.74. The smallest absolute Gasteiger partial charge is 0.311 e. The lowest BCUT2D eigenvalue weighted by Gasteiger charge is -2.20. The molecule has 1 saturated carbocycles. The van der Waals surface area contributed by atoms with E-state index in [2.05, 4.69) is 16.2 Å². The van der Waals surface area contributed by atoms with Gasteiger partial charge in [-0.2, -0.15) is 0 Å². The van der Waals surface area contributed by atoms with E-state index in [1.54, 1.807) is 18.2 Å². The van der Waals surface area contributed by atoms with Gasteiger partial charge in [-0.05, 0) is 48.7 Å². The molecule has 0 aromatic heterocycles. The normalized spacial score (nSPS) is 13.6. The number of nitrogens with one attached hydrogen (secondary N) is 3. The SMILES string of the molecule is COc1ccc(CC(=O)Nc2ccc(C(=O)NNC(=O)C3CCCCC3)cc2)cc1[N+](=O)[O-]. The first-order chi connectivity index (χ1) is 15.9. The van der Waals surface area contributed by atoms with Crippen molar-refractivity contribution < 1.29 is 24.0 Å². The van der Waals surface area contributed by atoms with Crippen LogP contribution in [-0.4, -0.2) is 29.8 Å². The second kappa shape index (κ2) is 11.1. The monoisotopic (exact) mass is 454 g/mol. The van der Waals surface area contributed by atoms with Crippen molar-refractivity contribution in [2.24, 2.45) is 5.92 Å². The molecule has 174 valence electrons. The maximum Gasteiger partial charge on any atom is 0.311 e. The van der Waals surface area contributed by atoms with E-state index >= 15 is 0 Å². The minimum Gasteiger partial charge on any atom is -0.490 e. The topological polar surface area (TPSA) is 140 Å². The average molecular weight is 454 g/mol. The third-order valence-electron chi connectivity index (χ3n) is 5.51. The molecule has 0 radical (unpaired) electrons. The summed E-state index contributed by atoms with van der Waals surface area (Å²) in [6, 6.07) is 10.5. The van der Waals surface area contributed by atoms with E-state index in [0.717, 1.165) is 32.1 Å². The Balaban J connectivity index is 1.52. The molecule has 2 aromatic carbocycles. The van der Waals surface area contributed by atoms with Gasteiger partial charge >= 0.3 is 5.69 Å². The zero-order valence-electron chi connectivity index (χ0n) is 18.3. The van der Waals surface area contributed by atoms with Crippen LogP contribution >= 0.6 is 0 Å². The largest absolute Gasteiger partial charge is 0.490 e. The summed E-state index contributed by atoms with van der Waals surface area (Å²) in [5.74, 6) is -0.948. The van der Waals surface area contributed by atoms with Crippen molar-refractivity contribution in [1.29, 1.82) is 0 Å². The van der Waals surface area contributed by atoms with Crippen molar-refractivity contribution in [3.05, 3.63) is 63.7 Å². The van der Waals surface area contributed by atoms with Gasteiger partial charge in [-0.1, -0.05) is 25.3 Å². The minimum atomic E-state index is -0.568. The number of hydrogen-bond acceptors (Lipinski definition) is 6. The lowest BCUT2D eigenvalue weighted by molar-refractivity contribution is -0.385. The van der Waals surface area contributed by atoms with Gasteiger partial charge in [-0.25, -0.2) is 0 Å². The lowest BCUT2D eigenvalue weighted by atomic mass is 9.89. The summed E-state index contributed by atoms with van der Waals surface area (Å²) in [5, 5.41) is 13.8. The van der Waals surface area contributed by atoms with Crippen molar-refractivity contribution in [1.82, 2.24) is 10.9 Å². The zero-order chi connectivity index (χ0) is 23.8. The van der Waals surface area contributed by atoms with Gasteiger partial charge in [0.25, 0.3) is 5.91 Å². The van der Waals surface area contributed by atoms with Gasteiger partial charge in [0.1, 0.15) is 0 Å². The Hall–Kier alpha value is -3.95. The number of carbonyl (C=O) groups is 3. The van der Waals surface area contributed by atoms with E-state index in [1.165, 1.54) is 31.4 Å². The van der Waals surface area contributed by atoms with Crippen molar-refractivity contribution in [3.8, 4) is 5.75 Å². The van der Waals surface area contributed by atoms with Crippen LogP contribution in [0.15, 0.2) is 42.5 Å². The molecule has 1 aliphatic carbocycles. The minimum absolute atomic E-state index is 0.0659. The van der Waals surface area contributed by atoms with Crippen LogP contribution in [0.4, 0.5) is 11.4 Å². The van der Waals surface area contributed by atoms with Gasteiger partial charge in [0.15, 0.2) is 5.75 Å². The summed E-state index contributed by atoms with van der Waals surface area (Å²) in [5.41, 5.74) is 5.94. The highest BCUT2D eigenvalue weighted by molar-refractivity contribution is 5.97. The predicted octanol–water partition coefficient (Wildman–Crippen LogP) is 3.13. The summed E-state index contributed by atoms with van der Waals surface area (Å²) < 4.78 is 4.96. The van der Waals surface area contributed by atoms with Crippen LogP contribution in [0.3, 0.4) is 0 Å². The van der Waals surface area contributed by atoms with E-state index in [4.69, 9.17) is 4.74 Å². The predicted molar refractivity (Wildman–Crippen MR) is 121 cm³/mol.